The molecule has 10 heteroatoms. The largest absolute Gasteiger partial charge is 0.302 e. The van der Waals surface area contributed by atoms with E-state index in [0.29, 0.717) is 16.6 Å². The van der Waals surface area contributed by atoms with Crippen molar-refractivity contribution in [2.75, 3.05) is 5.32 Å². The molecule has 0 spiro atoms. The van der Waals surface area contributed by atoms with E-state index in [1.54, 1.807) is 36.1 Å². The lowest BCUT2D eigenvalue weighted by atomic mass is 10.2. The first kappa shape index (κ1) is 18.1. The van der Waals surface area contributed by atoms with Gasteiger partial charge in [0.05, 0.1) is 17.8 Å². The summed E-state index contributed by atoms with van der Waals surface area (Å²) in [6, 6.07) is 5.19. The second-order valence-electron chi connectivity index (χ2n) is 5.18. The van der Waals surface area contributed by atoms with Gasteiger partial charge < -0.3 is 5.32 Å². The minimum Gasteiger partial charge on any atom is -0.302 e. The van der Waals surface area contributed by atoms with Gasteiger partial charge in [0.2, 0.25) is 0 Å². The number of aryl methyl sites for hydroxylation is 1. The summed E-state index contributed by atoms with van der Waals surface area (Å²) < 4.78 is 2.94. The predicted molar refractivity (Wildman–Crippen MR) is 99.0 cm³/mol. The number of halogens is 4. The van der Waals surface area contributed by atoms with Crippen molar-refractivity contribution in [2.45, 2.75) is 6.54 Å². The molecule has 1 aromatic carbocycles. The fraction of sp³-hybridized carbons (Fsp3) is 0.133. The van der Waals surface area contributed by atoms with Gasteiger partial charge >= 0.3 is 0 Å². The van der Waals surface area contributed by atoms with E-state index in [4.69, 9.17) is 46.4 Å². The number of carbonyl (C=O) groups is 1. The SMILES string of the molecule is Cn1ncc(Cl)c1C(=O)Nc1nn(Cc2ccc(Cl)cc2Cl)cc1Cl. The van der Waals surface area contributed by atoms with Crippen LogP contribution in [0, 0.1) is 0 Å². The molecule has 3 aromatic rings. The number of aromatic nitrogens is 4. The molecular weight excluding hydrogens is 408 g/mol. The Morgan fingerprint density at radius 2 is 1.92 bits per heavy atom. The summed E-state index contributed by atoms with van der Waals surface area (Å²) in [5, 5.41) is 12.4. The minimum atomic E-state index is -0.457. The van der Waals surface area contributed by atoms with Gasteiger partial charge in [-0.2, -0.15) is 10.2 Å². The van der Waals surface area contributed by atoms with E-state index in [9.17, 15) is 4.79 Å². The minimum absolute atomic E-state index is 0.216. The van der Waals surface area contributed by atoms with Crippen LogP contribution in [0.2, 0.25) is 20.1 Å². The van der Waals surface area contributed by atoms with Gasteiger partial charge in [-0.05, 0) is 17.7 Å². The Labute approximate surface area is 163 Å². The van der Waals surface area contributed by atoms with Crippen molar-refractivity contribution in [3.63, 3.8) is 0 Å². The molecule has 0 fully saturated rings. The van der Waals surface area contributed by atoms with Gasteiger partial charge in [-0.15, -0.1) is 0 Å². The third kappa shape index (κ3) is 3.93. The first-order valence-electron chi connectivity index (χ1n) is 7.01. The standard InChI is InChI=1S/C15H11Cl4N5O/c1-23-13(11(18)5-20-23)15(25)21-14-12(19)7-24(22-14)6-8-2-3-9(16)4-10(8)17/h2-5,7H,6H2,1H3,(H,21,22,25). The Morgan fingerprint density at radius 3 is 2.56 bits per heavy atom. The van der Waals surface area contributed by atoms with Crippen molar-refractivity contribution in [3.05, 3.63) is 61.9 Å². The lowest BCUT2D eigenvalue weighted by Gasteiger charge is -2.05. The highest BCUT2D eigenvalue weighted by Gasteiger charge is 2.18. The van der Waals surface area contributed by atoms with Crippen molar-refractivity contribution >= 4 is 58.1 Å². The van der Waals surface area contributed by atoms with Crippen LogP contribution < -0.4 is 5.32 Å². The van der Waals surface area contributed by atoms with Crippen LogP contribution in [0.5, 0.6) is 0 Å². The highest BCUT2D eigenvalue weighted by molar-refractivity contribution is 6.36. The molecule has 2 heterocycles. The maximum Gasteiger partial charge on any atom is 0.276 e. The smallest absolute Gasteiger partial charge is 0.276 e. The lowest BCUT2D eigenvalue weighted by molar-refractivity contribution is 0.101. The molecule has 0 saturated heterocycles. The fourth-order valence-electron chi connectivity index (χ4n) is 2.22. The number of carbonyl (C=O) groups excluding carboxylic acids is 1. The first-order valence-corrected chi connectivity index (χ1v) is 8.52. The third-order valence-corrected chi connectivity index (χ3v) is 4.55. The molecule has 0 atom stereocenters. The van der Waals surface area contributed by atoms with Crippen molar-refractivity contribution in [3.8, 4) is 0 Å². The molecular formula is C15H11Cl4N5O. The van der Waals surface area contributed by atoms with E-state index in [1.807, 2.05) is 0 Å². The van der Waals surface area contributed by atoms with Crippen molar-refractivity contribution in [2.24, 2.45) is 7.05 Å². The number of hydrogen-bond donors (Lipinski definition) is 1. The number of benzene rings is 1. The molecule has 2 aromatic heterocycles. The summed E-state index contributed by atoms with van der Waals surface area (Å²) in [4.78, 5) is 12.3. The Bertz CT molecular complexity index is 930. The predicted octanol–water partition coefficient (Wildman–Crippen LogP) is 4.53. The fourth-order valence-corrected chi connectivity index (χ4v) is 3.14. The molecule has 1 N–H and O–H groups in total. The molecule has 1 amide bonds. The van der Waals surface area contributed by atoms with Crippen LogP contribution in [0.4, 0.5) is 5.82 Å². The summed E-state index contributed by atoms with van der Waals surface area (Å²) in [7, 11) is 1.61. The molecule has 6 nitrogen and oxygen atoms in total. The quantitative estimate of drug-likeness (QED) is 0.676. The molecule has 0 aliphatic heterocycles. The van der Waals surface area contributed by atoms with Crippen LogP contribution >= 0.6 is 46.4 Å². The molecule has 0 aliphatic rings. The Kier molecular flexibility index (Phi) is 5.24. The summed E-state index contributed by atoms with van der Waals surface area (Å²) in [5.74, 6) is -0.240. The zero-order chi connectivity index (χ0) is 18.1. The number of nitrogens with zero attached hydrogens (tertiary/aromatic N) is 4. The van der Waals surface area contributed by atoms with E-state index >= 15 is 0 Å². The molecule has 0 radical (unpaired) electrons. The monoisotopic (exact) mass is 417 g/mol. The number of hydrogen-bond acceptors (Lipinski definition) is 3. The van der Waals surface area contributed by atoms with Gasteiger partial charge in [0.25, 0.3) is 5.91 Å². The van der Waals surface area contributed by atoms with E-state index in [-0.39, 0.29) is 21.6 Å². The summed E-state index contributed by atoms with van der Waals surface area (Å²) in [6.45, 7) is 0.373. The van der Waals surface area contributed by atoms with Crippen LogP contribution in [-0.4, -0.2) is 25.5 Å². The van der Waals surface area contributed by atoms with E-state index in [0.717, 1.165) is 5.56 Å². The first-order chi connectivity index (χ1) is 11.8. The van der Waals surface area contributed by atoms with Gasteiger partial charge in [-0.1, -0.05) is 52.5 Å². The van der Waals surface area contributed by atoms with Gasteiger partial charge in [0.15, 0.2) is 5.82 Å². The molecule has 0 saturated carbocycles. The summed E-state index contributed by atoms with van der Waals surface area (Å²) >= 11 is 24.2. The topological polar surface area (TPSA) is 64.7 Å². The second kappa shape index (κ2) is 7.25. The Balaban J connectivity index is 1.79. The van der Waals surface area contributed by atoms with E-state index in [1.165, 1.54) is 10.9 Å². The Morgan fingerprint density at radius 1 is 1.16 bits per heavy atom. The highest BCUT2D eigenvalue weighted by atomic mass is 35.5. The average molecular weight is 419 g/mol. The number of nitrogens with one attached hydrogen (secondary N) is 1. The van der Waals surface area contributed by atoms with E-state index in [2.05, 4.69) is 15.5 Å². The van der Waals surface area contributed by atoms with Crippen LogP contribution in [-0.2, 0) is 13.6 Å². The van der Waals surface area contributed by atoms with Crippen molar-refractivity contribution in [1.82, 2.24) is 19.6 Å². The zero-order valence-electron chi connectivity index (χ0n) is 12.8. The van der Waals surface area contributed by atoms with Gasteiger partial charge in [-0.25, -0.2) is 0 Å². The van der Waals surface area contributed by atoms with E-state index < -0.39 is 5.91 Å². The van der Waals surface area contributed by atoms with Gasteiger partial charge in [0.1, 0.15) is 10.7 Å². The normalized spacial score (nSPS) is 10.9. The highest BCUT2D eigenvalue weighted by Crippen LogP contribution is 2.25. The molecule has 0 unspecified atom stereocenters. The molecule has 3 rings (SSSR count). The van der Waals surface area contributed by atoms with Crippen LogP contribution in [0.1, 0.15) is 16.1 Å². The molecule has 0 bridgehead atoms. The molecule has 130 valence electrons. The maximum atomic E-state index is 12.3. The molecule has 25 heavy (non-hydrogen) atoms. The zero-order valence-corrected chi connectivity index (χ0v) is 15.8. The number of rotatable bonds is 4. The van der Waals surface area contributed by atoms with Gasteiger partial charge in [-0.3, -0.25) is 14.2 Å². The number of amides is 1. The Hall–Kier alpha value is -1.73. The van der Waals surface area contributed by atoms with Crippen molar-refractivity contribution < 1.29 is 4.79 Å². The average Bonchev–Trinajstić information content (AvgIpc) is 3.05. The van der Waals surface area contributed by atoms with Crippen LogP contribution in [0.3, 0.4) is 0 Å². The number of anilines is 1. The van der Waals surface area contributed by atoms with Crippen LogP contribution in [0.25, 0.3) is 0 Å². The lowest BCUT2D eigenvalue weighted by Crippen LogP contribution is -2.17. The maximum absolute atomic E-state index is 12.3. The summed E-state index contributed by atoms with van der Waals surface area (Å²) in [5.41, 5.74) is 1.03. The second-order valence-corrected chi connectivity index (χ2v) is 6.84. The van der Waals surface area contributed by atoms with Crippen molar-refractivity contribution in [1.29, 1.82) is 0 Å². The third-order valence-electron chi connectivity index (χ3n) is 3.41. The van der Waals surface area contributed by atoms with Gasteiger partial charge in [0, 0.05) is 23.3 Å². The molecule has 0 aliphatic carbocycles. The summed E-state index contributed by atoms with van der Waals surface area (Å²) in [6.07, 6.45) is 2.98. The van der Waals surface area contributed by atoms with Crippen LogP contribution in [0.15, 0.2) is 30.6 Å².